The van der Waals surface area contributed by atoms with E-state index in [4.69, 9.17) is 9.68 Å². The van der Waals surface area contributed by atoms with Gasteiger partial charge < -0.3 is 9.73 Å². The maximum Gasteiger partial charge on any atom is 0.291 e. The van der Waals surface area contributed by atoms with Crippen LogP contribution in [-0.2, 0) is 22.0 Å². The lowest BCUT2D eigenvalue weighted by molar-refractivity contribution is 0.0996. The number of hydrogen-bond donors (Lipinski definition) is 1. The van der Waals surface area contributed by atoms with Crippen LogP contribution in [0.3, 0.4) is 0 Å². The summed E-state index contributed by atoms with van der Waals surface area (Å²) in [5.74, 6) is -0.918. The molecule has 0 atom stereocenters. The molecule has 0 radical (unpaired) electrons. The van der Waals surface area contributed by atoms with Gasteiger partial charge in [0.2, 0.25) is 0 Å². The number of furan rings is 1. The highest BCUT2D eigenvalue weighted by atomic mass is 32.2. The minimum Gasteiger partial charge on any atom is -0.459 e. The van der Waals surface area contributed by atoms with Gasteiger partial charge in [0.15, 0.2) is 15.6 Å². The molecule has 7 heteroatoms. The van der Waals surface area contributed by atoms with Gasteiger partial charge in [-0.1, -0.05) is 30.3 Å². The molecule has 1 aromatic heterocycles. The lowest BCUT2D eigenvalue weighted by Gasteiger charge is -2.07. The first-order valence-electron chi connectivity index (χ1n) is 8.11. The molecule has 1 amide bonds. The molecule has 0 aliphatic rings. The summed E-state index contributed by atoms with van der Waals surface area (Å²) in [5.41, 5.74) is 1.65. The fourth-order valence-electron chi connectivity index (χ4n) is 2.55. The molecule has 3 rings (SSSR count). The van der Waals surface area contributed by atoms with Gasteiger partial charge in [-0.3, -0.25) is 4.79 Å². The molecule has 6 nitrogen and oxygen atoms in total. The minimum atomic E-state index is -3.59. The van der Waals surface area contributed by atoms with Crippen molar-refractivity contribution in [2.75, 3.05) is 5.32 Å². The second kappa shape index (κ2) is 7.89. The first kappa shape index (κ1) is 18.4. The van der Waals surface area contributed by atoms with Gasteiger partial charge in [-0.15, -0.1) is 0 Å². The van der Waals surface area contributed by atoms with E-state index in [0.29, 0.717) is 5.69 Å². The van der Waals surface area contributed by atoms with E-state index in [-0.39, 0.29) is 28.4 Å². The SMILES string of the molecule is N#CCc1ccc(NC(=O)c2occc2CS(=O)(=O)c2ccccc2)cc1. The standard InChI is InChI=1S/C20H16N2O4S/c21-12-10-15-6-8-17(9-7-15)22-20(23)19-16(11-13-26-19)14-27(24,25)18-4-2-1-3-5-18/h1-9,11,13H,10,14H2,(H,22,23). The summed E-state index contributed by atoms with van der Waals surface area (Å²) < 4.78 is 30.3. The van der Waals surface area contributed by atoms with Crippen molar-refractivity contribution >= 4 is 21.4 Å². The van der Waals surface area contributed by atoms with E-state index in [2.05, 4.69) is 11.4 Å². The van der Waals surface area contributed by atoms with Gasteiger partial charge in [0.1, 0.15) is 0 Å². The Morgan fingerprint density at radius 1 is 1.04 bits per heavy atom. The van der Waals surface area contributed by atoms with Crippen LogP contribution in [0, 0.1) is 11.3 Å². The van der Waals surface area contributed by atoms with Crippen molar-refractivity contribution in [3.8, 4) is 6.07 Å². The largest absolute Gasteiger partial charge is 0.459 e. The van der Waals surface area contributed by atoms with Crippen molar-refractivity contribution < 1.29 is 17.6 Å². The Morgan fingerprint density at radius 3 is 2.41 bits per heavy atom. The number of rotatable bonds is 6. The van der Waals surface area contributed by atoms with Crippen LogP contribution in [0.25, 0.3) is 0 Å². The molecule has 1 heterocycles. The second-order valence-corrected chi connectivity index (χ2v) is 7.82. The molecule has 0 aliphatic carbocycles. The van der Waals surface area contributed by atoms with Gasteiger partial charge >= 0.3 is 0 Å². The third-order valence-electron chi connectivity index (χ3n) is 3.90. The molecule has 0 aliphatic heterocycles. The lowest BCUT2D eigenvalue weighted by atomic mass is 10.1. The third kappa shape index (κ3) is 4.43. The van der Waals surface area contributed by atoms with Crippen molar-refractivity contribution in [1.29, 1.82) is 5.26 Å². The number of carbonyl (C=O) groups is 1. The first-order valence-corrected chi connectivity index (χ1v) is 9.76. The van der Waals surface area contributed by atoms with E-state index < -0.39 is 15.7 Å². The van der Waals surface area contributed by atoms with Crippen molar-refractivity contribution in [3.05, 3.63) is 83.8 Å². The fraction of sp³-hybridized carbons (Fsp3) is 0.100. The van der Waals surface area contributed by atoms with E-state index in [1.54, 1.807) is 42.5 Å². The number of nitriles is 1. The highest BCUT2D eigenvalue weighted by molar-refractivity contribution is 7.90. The Kier molecular flexibility index (Phi) is 5.38. The number of benzene rings is 2. The zero-order chi connectivity index (χ0) is 19.3. The number of nitrogens with zero attached hydrogens (tertiary/aromatic N) is 1. The van der Waals surface area contributed by atoms with Crippen molar-refractivity contribution in [2.45, 2.75) is 17.1 Å². The summed E-state index contributed by atoms with van der Waals surface area (Å²) >= 11 is 0. The summed E-state index contributed by atoms with van der Waals surface area (Å²) in [7, 11) is -3.59. The molecule has 27 heavy (non-hydrogen) atoms. The van der Waals surface area contributed by atoms with E-state index in [1.807, 2.05) is 0 Å². The van der Waals surface area contributed by atoms with Crippen molar-refractivity contribution in [1.82, 2.24) is 0 Å². The van der Waals surface area contributed by atoms with Gasteiger partial charge in [-0.2, -0.15) is 5.26 Å². The molecule has 2 aromatic carbocycles. The predicted molar refractivity (Wildman–Crippen MR) is 99.8 cm³/mol. The second-order valence-electron chi connectivity index (χ2n) is 5.83. The quantitative estimate of drug-likeness (QED) is 0.704. The summed E-state index contributed by atoms with van der Waals surface area (Å²) in [5, 5.41) is 11.4. The molecule has 0 spiro atoms. The van der Waals surface area contributed by atoms with Crippen molar-refractivity contribution in [3.63, 3.8) is 0 Å². The first-order chi connectivity index (χ1) is 13.0. The smallest absolute Gasteiger partial charge is 0.291 e. The van der Waals surface area contributed by atoms with Crippen LogP contribution in [0.4, 0.5) is 5.69 Å². The van der Waals surface area contributed by atoms with E-state index in [9.17, 15) is 13.2 Å². The van der Waals surface area contributed by atoms with Gasteiger partial charge in [0.25, 0.3) is 5.91 Å². The van der Waals surface area contributed by atoms with Crippen LogP contribution in [0.2, 0.25) is 0 Å². The maximum atomic E-state index is 12.5. The Hall–Kier alpha value is -3.37. The average molecular weight is 380 g/mol. The van der Waals surface area contributed by atoms with Crippen LogP contribution in [0.15, 0.2) is 76.2 Å². The highest BCUT2D eigenvalue weighted by Gasteiger charge is 2.22. The minimum absolute atomic E-state index is 0.0457. The monoisotopic (exact) mass is 380 g/mol. The average Bonchev–Trinajstić information content (AvgIpc) is 3.12. The van der Waals surface area contributed by atoms with E-state index in [1.165, 1.54) is 24.5 Å². The zero-order valence-corrected chi connectivity index (χ0v) is 15.1. The number of amides is 1. The predicted octanol–water partition coefficient (Wildman–Crippen LogP) is 3.57. The van der Waals surface area contributed by atoms with E-state index in [0.717, 1.165) is 5.56 Å². The fourth-order valence-corrected chi connectivity index (χ4v) is 3.92. The van der Waals surface area contributed by atoms with Crippen LogP contribution in [0.5, 0.6) is 0 Å². The zero-order valence-electron chi connectivity index (χ0n) is 14.3. The van der Waals surface area contributed by atoms with Gasteiger partial charge in [0, 0.05) is 11.3 Å². The number of carbonyl (C=O) groups excluding carboxylic acids is 1. The van der Waals surface area contributed by atoms with Crippen LogP contribution >= 0.6 is 0 Å². The topological polar surface area (TPSA) is 100 Å². The molecule has 0 bridgehead atoms. The van der Waals surface area contributed by atoms with Crippen LogP contribution in [-0.4, -0.2) is 14.3 Å². The normalized spacial score (nSPS) is 10.9. The Morgan fingerprint density at radius 2 is 1.74 bits per heavy atom. The Bertz CT molecular complexity index is 1080. The molecule has 136 valence electrons. The van der Waals surface area contributed by atoms with Crippen LogP contribution in [0.1, 0.15) is 21.7 Å². The number of anilines is 1. The molecule has 0 saturated carbocycles. The highest BCUT2D eigenvalue weighted by Crippen LogP contribution is 2.21. The van der Waals surface area contributed by atoms with Crippen LogP contribution < -0.4 is 5.32 Å². The molecular weight excluding hydrogens is 364 g/mol. The van der Waals surface area contributed by atoms with Gasteiger partial charge in [-0.25, -0.2) is 8.42 Å². The molecule has 3 aromatic rings. The summed E-state index contributed by atoms with van der Waals surface area (Å²) in [6, 6.07) is 18.4. The lowest BCUT2D eigenvalue weighted by Crippen LogP contribution is -2.14. The van der Waals surface area contributed by atoms with E-state index >= 15 is 0 Å². The van der Waals surface area contributed by atoms with Gasteiger partial charge in [0.05, 0.1) is 29.4 Å². The van der Waals surface area contributed by atoms with Crippen molar-refractivity contribution in [2.24, 2.45) is 0 Å². The summed E-state index contributed by atoms with van der Waals surface area (Å²) in [4.78, 5) is 12.7. The third-order valence-corrected chi connectivity index (χ3v) is 5.58. The van der Waals surface area contributed by atoms with Gasteiger partial charge in [-0.05, 0) is 35.9 Å². The summed E-state index contributed by atoms with van der Waals surface area (Å²) in [6.45, 7) is 0. The molecule has 0 unspecified atom stereocenters. The Balaban J connectivity index is 1.76. The molecule has 1 N–H and O–H groups in total. The maximum absolute atomic E-state index is 12.5. The molecule has 0 fully saturated rings. The number of nitrogens with one attached hydrogen (secondary N) is 1. The number of hydrogen-bond acceptors (Lipinski definition) is 5. The molecular formula is C20H16N2O4S. The molecule has 0 saturated heterocycles. The Labute approximate surface area is 157 Å². The summed E-state index contributed by atoms with van der Waals surface area (Å²) in [6.07, 6.45) is 1.58. The number of sulfone groups is 1.